The van der Waals surface area contributed by atoms with Crippen molar-refractivity contribution in [3.8, 4) is 10.7 Å². The Labute approximate surface area is 135 Å². The number of pyridine rings is 1. The molecule has 2 aromatic rings. The molecule has 2 amide bonds. The molecule has 0 aromatic carbocycles. The third-order valence-corrected chi connectivity index (χ3v) is 4.07. The molecule has 23 heavy (non-hydrogen) atoms. The van der Waals surface area contributed by atoms with Gasteiger partial charge < -0.3 is 16.2 Å². The van der Waals surface area contributed by atoms with Gasteiger partial charge in [-0.05, 0) is 19.1 Å². The van der Waals surface area contributed by atoms with Crippen molar-refractivity contribution in [1.29, 1.82) is 0 Å². The van der Waals surface area contributed by atoms with Crippen LogP contribution in [0.4, 0.5) is 0 Å². The van der Waals surface area contributed by atoms with Crippen LogP contribution in [0.3, 0.4) is 0 Å². The highest BCUT2D eigenvalue weighted by Crippen LogP contribution is 2.26. The van der Waals surface area contributed by atoms with Crippen LogP contribution in [0.1, 0.15) is 21.8 Å². The number of carboxylic acids is 1. The standard InChI is InChI=1S/C14H14N4O4S/c1-7-11(12(20)18-9(14(21)22)6-10(15)19)23-13(17-7)8-4-2-3-5-16-8/h2-5,9H,6H2,1H3,(H2,15,19)(H,18,20)(H,21,22). The predicted octanol–water partition coefficient (Wildman–Crippen LogP) is 0.572. The number of hydrogen-bond donors (Lipinski definition) is 3. The number of carbonyl (C=O) groups is 3. The molecule has 120 valence electrons. The predicted molar refractivity (Wildman–Crippen MR) is 82.8 cm³/mol. The Morgan fingerprint density at radius 1 is 1.39 bits per heavy atom. The molecule has 2 heterocycles. The molecule has 0 aliphatic carbocycles. The molecule has 9 heteroatoms. The maximum atomic E-state index is 12.2. The fourth-order valence-electron chi connectivity index (χ4n) is 1.83. The lowest BCUT2D eigenvalue weighted by Gasteiger charge is -2.11. The molecule has 0 aliphatic rings. The van der Waals surface area contributed by atoms with E-state index in [9.17, 15) is 14.4 Å². The van der Waals surface area contributed by atoms with Crippen LogP contribution in [0.2, 0.25) is 0 Å². The van der Waals surface area contributed by atoms with Crippen LogP contribution < -0.4 is 11.1 Å². The molecule has 0 bridgehead atoms. The molecular formula is C14H14N4O4S. The molecular weight excluding hydrogens is 320 g/mol. The fourth-order valence-corrected chi connectivity index (χ4v) is 2.78. The Morgan fingerprint density at radius 2 is 2.13 bits per heavy atom. The number of nitrogens with zero attached hydrogens (tertiary/aromatic N) is 2. The molecule has 0 spiro atoms. The van der Waals surface area contributed by atoms with Gasteiger partial charge in [0.2, 0.25) is 5.91 Å². The second-order valence-corrected chi connectivity index (χ2v) is 5.68. The van der Waals surface area contributed by atoms with Gasteiger partial charge in [-0.2, -0.15) is 0 Å². The number of primary amides is 1. The largest absolute Gasteiger partial charge is 0.480 e. The van der Waals surface area contributed by atoms with Gasteiger partial charge in [0.15, 0.2) is 0 Å². The van der Waals surface area contributed by atoms with Crippen molar-refractivity contribution in [2.45, 2.75) is 19.4 Å². The van der Waals surface area contributed by atoms with E-state index < -0.39 is 30.2 Å². The number of nitrogens with one attached hydrogen (secondary N) is 1. The van der Waals surface area contributed by atoms with E-state index in [0.717, 1.165) is 11.3 Å². The lowest BCUT2D eigenvalue weighted by molar-refractivity contribution is -0.140. The minimum atomic E-state index is -1.38. The van der Waals surface area contributed by atoms with Crippen molar-refractivity contribution in [2.24, 2.45) is 5.73 Å². The quantitative estimate of drug-likeness (QED) is 0.707. The first-order valence-electron chi connectivity index (χ1n) is 6.59. The summed E-state index contributed by atoms with van der Waals surface area (Å²) in [6.45, 7) is 1.64. The van der Waals surface area contributed by atoms with E-state index in [1.54, 1.807) is 31.3 Å². The van der Waals surface area contributed by atoms with E-state index in [-0.39, 0.29) is 4.88 Å². The van der Waals surface area contributed by atoms with E-state index in [2.05, 4.69) is 15.3 Å². The molecule has 0 saturated carbocycles. The van der Waals surface area contributed by atoms with Crippen LogP contribution in [0, 0.1) is 6.92 Å². The average molecular weight is 334 g/mol. The molecule has 1 atom stereocenters. The number of thiazole rings is 1. The Hall–Kier alpha value is -2.81. The number of carbonyl (C=O) groups excluding carboxylic acids is 2. The number of aromatic nitrogens is 2. The molecule has 0 aliphatic heterocycles. The first kappa shape index (κ1) is 16.6. The average Bonchev–Trinajstić information content (AvgIpc) is 2.89. The van der Waals surface area contributed by atoms with Gasteiger partial charge in [-0.3, -0.25) is 14.6 Å². The van der Waals surface area contributed by atoms with Crippen LogP contribution >= 0.6 is 11.3 Å². The first-order valence-corrected chi connectivity index (χ1v) is 7.41. The molecule has 2 rings (SSSR count). The smallest absolute Gasteiger partial charge is 0.326 e. The zero-order valence-electron chi connectivity index (χ0n) is 12.1. The number of carboxylic acid groups (broad SMARTS) is 1. The summed E-state index contributed by atoms with van der Waals surface area (Å²) in [5.41, 5.74) is 6.06. The molecule has 0 fully saturated rings. The van der Waals surface area contributed by atoms with E-state index in [4.69, 9.17) is 10.8 Å². The normalized spacial score (nSPS) is 11.7. The summed E-state index contributed by atoms with van der Waals surface area (Å²) in [6.07, 6.45) is 1.13. The summed E-state index contributed by atoms with van der Waals surface area (Å²) >= 11 is 1.10. The Balaban J connectivity index is 2.21. The lowest BCUT2D eigenvalue weighted by Crippen LogP contribution is -2.43. The Kier molecular flexibility index (Phi) is 5.02. The summed E-state index contributed by atoms with van der Waals surface area (Å²) in [6, 6.07) is 3.94. The summed E-state index contributed by atoms with van der Waals surface area (Å²) in [5, 5.41) is 11.9. The molecule has 0 saturated heterocycles. The summed E-state index contributed by atoms with van der Waals surface area (Å²) < 4.78 is 0. The molecule has 0 radical (unpaired) electrons. The second kappa shape index (κ2) is 6.97. The number of nitrogens with two attached hydrogens (primary N) is 1. The summed E-state index contributed by atoms with van der Waals surface area (Å²) in [5.74, 6) is -2.76. The highest BCUT2D eigenvalue weighted by Gasteiger charge is 2.25. The zero-order valence-corrected chi connectivity index (χ0v) is 13.0. The minimum Gasteiger partial charge on any atom is -0.480 e. The SMILES string of the molecule is Cc1nc(-c2ccccn2)sc1C(=O)NC(CC(N)=O)C(=O)O. The Bertz CT molecular complexity index is 744. The van der Waals surface area contributed by atoms with Crippen molar-refractivity contribution in [3.63, 3.8) is 0 Å². The van der Waals surface area contributed by atoms with Crippen LogP contribution in [-0.4, -0.2) is 38.9 Å². The number of hydrogen-bond acceptors (Lipinski definition) is 6. The van der Waals surface area contributed by atoms with Crippen molar-refractivity contribution in [1.82, 2.24) is 15.3 Å². The molecule has 8 nitrogen and oxygen atoms in total. The van der Waals surface area contributed by atoms with Crippen LogP contribution in [0.5, 0.6) is 0 Å². The van der Waals surface area contributed by atoms with E-state index >= 15 is 0 Å². The van der Waals surface area contributed by atoms with E-state index in [0.29, 0.717) is 16.4 Å². The third-order valence-electron chi connectivity index (χ3n) is 2.90. The van der Waals surface area contributed by atoms with Crippen LogP contribution in [-0.2, 0) is 9.59 Å². The molecule has 4 N–H and O–H groups in total. The minimum absolute atomic E-state index is 0.265. The van der Waals surface area contributed by atoms with Gasteiger partial charge in [0.25, 0.3) is 5.91 Å². The highest BCUT2D eigenvalue weighted by atomic mass is 32.1. The maximum absolute atomic E-state index is 12.2. The lowest BCUT2D eigenvalue weighted by atomic mass is 10.2. The number of aliphatic carboxylic acids is 1. The van der Waals surface area contributed by atoms with Crippen molar-refractivity contribution in [2.75, 3.05) is 0 Å². The van der Waals surface area contributed by atoms with Crippen LogP contribution in [0.15, 0.2) is 24.4 Å². The van der Waals surface area contributed by atoms with E-state index in [1.165, 1.54) is 0 Å². The number of aryl methyl sites for hydroxylation is 1. The van der Waals surface area contributed by atoms with Gasteiger partial charge in [0.05, 0.1) is 17.8 Å². The molecule has 1 unspecified atom stereocenters. The maximum Gasteiger partial charge on any atom is 0.326 e. The second-order valence-electron chi connectivity index (χ2n) is 4.68. The van der Waals surface area contributed by atoms with Crippen molar-refractivity contribution in [3.05, 3.63) is 35.0 Å². The monoisotopic (exact) mass is 334 g/mol. The zero-order chi connectivity index (χ0) is 17.0. The number of rotatable bonds is 6. The van der Waals surface area contributed by atoms with Gasteiger partial charge in [0.1, 0.15) is 15.9 Å². The fraction of sp³-hybridized carbons (Fsp3) is 0.214. The highest BCUT2D eigenvalue weighted by molar-refractivity contribution is 7.17. The van der Waals surface area contributed by atoms with Crippen LogP contribution in [0.25, 0.3) is 10.7 Å². The van der Waals surface area contributed by atoms with Gasteiger partial charge in [0, 0.05) is 6.20 Å². The van der Waals surface area contributed by atoms with Crippen molar-refractivity contribution >= 4 is 29.1 Å². The van der Waals surface area contributed by atoms with Gasteiger partial charge in [-0.1, -0.05) is 6.07 Å². The first-order chi connectivity index (χ1) is 10.9. The topological polar surface area (TPSA) is 135 Å². The van der Waals surface area contributed by atoms with E-state index in [1.807, 2.05) is 0 Å². The molecule has 2 aromatic heterocycles. The number of amides is 2. The van der Waals surface area contributed by atoms with Crippen molar-refractivity contribution < 1.29 is 19.5 Å². The van der Waals surface area contributed by atoms with Gasteiger partial charge in [-0.15, -0.1) is 11.3 Å². The third kappa shape index (κ3) is 4.10. The summed E-state index contributed by atoms with van der Waals surface area (Å²) in [4.78, 5) is 42.9. The Morgan fingerprint density at radius 3 is 2.70 bits per heavy atom. The van der Waals surface area contributed by atoms with Gasteiger partial charge >= 0.3 is 5.97 Å². The summed E-state index contributed by atoms with van der Waals surface area (Å²) in [7, 11) is 0. The van der Waals surface area contributed by atoms with Gasteiger partial charge in [-0.25, -0.2) is 9.78 Å².